The molecular weight excluding hydrogens is 1150 g/mol. The summed E-state index contributed by atoms with van der Waals surface area (Å²) in [5, 5.41) is 26.7. The van der Waals surface area contributed by atoms with E-state index in [0.717, 1.165) is 58.2 Å². The van der Waals surface area contributed by atoms with Gasteiger partial charge in [0.2, 0.25) is 0 Å². The molecule has 0 aliphatic carbocycles. The first-order valence-corrected chi connectivity index (χ1v) is 36.2. The molecule has 0 radical (unpaired) electrons. The Morgan fingerprint density at radius 3 is 0.854 bits per heavy atom. The molecule has 7 aromatic heterocycles. The van der Waals surface area contributed by atoms with E-state index in [-0.39, 0.29) is 0 Å². The molecule has 15 rings (SSSR count). The van der Waals surface area contributed by atoms with E-state index >= 15 is 0 Å². The Kier molecular flexibility index (Phi) is 17.9. The van der Waals surface area contributed by atoms with Crippen LogP contribution in [0, 0.1) is 13.8 Å². The molecule has 0 amide bonds. The predicted molar refractivity (Wildman–Crippen MR) is 388 cm³/mol. The monoisotopic (exact) mass is 1230 g/mol. The number of aryl methyl sites for hydroxylation is 4. The smallest absolute Gasteiger partial charge is 0.145 e. The Morgan fingerprint density at radius 2 is 0.528 bits per heavy atom. The molecule has 0 saturated carbocycles. The molecule has 0 bridgehead atoms. The minimum Gasteiger partial charge on any atom is -0.461 e. The lowest BCUT2D eigenvalue weighted by Crippen LogP contribution is -1.84. The third-order valence-corrected chi connectivity index (χ3v) is 22.0. The minimum atomic E-state index is 0.935. The van der Waals surface area contributed by atoms with Crippen LogP contribution in [0.4, 0.5) is 0 Å². The van der Waals surface area contributed by atoms with Gasteiger partial charge in [0, 0.05) is 21.5 Å². The zero-order valence-electron chi connectivity index (χ0n) is 52.4. The standard InChI is InChI=1S/C54H64O2S2.C28H18O2S/c1-3-5-7-9-11-13-15-17-19-21-23-39-33-53(57-37-39)51-35-47-45-27-25-42-41(43(45)29-31-49(47)55-51)26-28-46-44(42)30-32-50-48(46)36-52(56-50)54-34-40(38-58-54)24-22-20-18-16-14-12-10-8-6-4-2;1-15-11-28(31-14-15)27-13-24-22-6-4-17-18(20(22)8-10-26(24)30-27)3-5-21-19(17)7-9-25-23(21)12-16(2)29-25/h25-38H,3-24H2,1-2H3;3-14H,1-2H3. The maximum Gasteiger partial charge on any atom is 0.145 e. The van der Waals surface area contributed by atoms with E-state index in [1.807, 2.05) is 29.6 Å². The molecule has 0 unspecified atom stereocenters. The summed E-state index contributed by atoms with van der Waals surface area (Å²) in [6, 6.07) is 51.4. The van der Waals surface area contributed by atoms with E-state index in [0.29, 0.717) is 0 Å². The molecule has 15 aromatic rings. The molecule has 4 nitrogen and oxygen atoms in total. The van der Waals surface area contributed by atoms with E-state index in [9.17, 15) is 0 Å². The van der Waals surface area contributed by atoms with Crippen molar-refractivity contribution < 1.29 is 17.7 Å². The van der Waals surface area contributed by atoms with Gasteiger partial charge in [-0.15, -0.1) is 34.0 Å². The number of hydrogen-bond acceptors (Lipinski definition) is 7. The first-order chi connectivity index (χ1) is 43.8. The SMILES string of the molecule is CCCCCCCCCCCCc1csc(-c2cc3c(ccc4c3ccc3c5ccc6oc(-c7cc(CCCCCCCCCCCC)cs7)cc6c5ccc43)o2)c1.Cc1csc(-c2cc3c(ccc4c3ccc3c5ccc6oc(C)cc6c5ccc43)o2)c1. The van der Waals surface area contributed by atoms with Crippen LogP contribution in [0.2, 0.25) is 0 Å². The van der Waals surface area contributed by atoms with E-state index in [1.165, 1.54) is 246 Å². The third-order valence-electron chi connectivity index (χ3n) is 18.9. The van der Waals surface area contributed by atoms with Crippen molar-refractivity contribution in [1.82, 2.24) is 0 Å². The largest absolute Gasteiger partial charge is 0.461 e. The van der Waals surface area contributed by atoms with Crippen LogP contribution in [0.1, 0.15) is 165 Å². The molecule has 7 heteroatoms. The van der Waals surface area contributed by atoms with Crippen molar-refractivity contribution in [2.75, 3.05) is 0 Å². The van der Waals surface area contributed by atoms with Crippen molar-refractivity contribution in [3.63, 3.8) is 0 Å². The maximum atomic E-state index is 6.50. The fourth-order valence-electron chi connectivity index (χ4n) is 14.1. The fraction of sp³-hybridized carbons (Fsp3) is 0.317. The van der Waals surface area contributed by atoms with Gasteiger partial charge in [0.1, 0.15) is 45.4 Å². The fourth-order valence-corrected chi connectivity index (χ4v) is 16.8. The van der Waals surface area contributed by atoms with Gasteiger partial charge in [-0.3, -0.25) is 0 Å². The summed E-state index contributed by atoms with van der Waals surface area (Å²) < 4.78 is 25.0. The topological polar surface area (TPSA) is 52.6 Å². The van der Waals surface area contributed by atoms with Gasteiger partial charge in [-0.05, 0) is 204 Å². The molecule has 8 aromatic carbocycles. The van der Waals surface area contributed by atoms with Gasteiger partial charge >= 0.3 is 0 Å². The molecule has 0 atom stereocenters. The highest BCUT2D eigenvalue weighted by atomic mass is 32.1. The minimum absolute atomic E-state index is 0.935. The van der Waals surface area contributed by atoms with Crippen LogP contribution in [0.3, 0.4) is 0 Å². The Hall–Kier alpha value is -7.42. The van der Waals surface area contributed by atoms with Gasteiger partial charge in [0.25, 0.3) is 0 Å². The summed E-state index contributed by atoms with van der Waals surface area (Å²) >= 11 is 5.36. The van der Waals surface area contributed by atoms with Crippen LogP contribution in [-0.2, 0) is 12.8 Å². The van der Waals surface area contributed by atoms with Crippen LogP contribution >= 0.6 is 34.0 Å². The van der Waals surface area contributed by atoms with Gasteiger partial charge in [-0.2, -0.15) is 0 Å². The van der Waals surface area contributed by atoms with Crippen LogP contribution in [0.25, 0.3) is 140 Å². The molecular formula is C82H82O4S3. The summed E-state index contributed by atoms with van der Waals surface area (Å²) in [5.74, 6) is 3.85. The molecule has 0 fully saturated rings. The predicted octanol–water partition coefficient (Wildman–Crippen LogP) is 28.0. The summed E-state index contributed by atoms with van der Waals surface area (Å²) in [7, 11) is 0. The first kappa shape index (κ1) is 59.2. The van der Waals surface area contributed by atoms with Crippen molar-refractivity contribution in [2.45, 2.75) is 169 Å². The van der Waals surface area contributed by atoms with Gasteiger partial charge in [0.05, 0.1) is 14.6 Å². The van der Waals surface area contributed by atoms with Crippen molar-refractivity contribution in [3.05, 3.63) is 178 Å². The lowest BCUT2D eigenvalue weighted by Gasteiger charge is -2.08. The van der Waals surface area contributed by atoms with Crippen molar-refractivity contribution in [2.24, 2.45) is 0 Å². The molecule has 452 valence electrons. The number of unbranched alkanes of at least 4 members (excludes halogenated alkanes) is 18. The molecule has 0 aliphatic rings. The van der Waals surface area contributed by atoms with E-state index in [2.05, 4.69) is 176 Å². The second-order valence-electron chi connectivity index (χ2n) is 25.4. The van der Waals surface area contributed by atoms with Crippen LogP contribution in [-0.4, -0.2) is 0 Å². The molecule has 0 N–H and O–H groups in total. The zero-order chi connectivity index (χ0) is 60.2. The van der Waals surface area contributed by atoms with E-state index in [1.54, 1.807) is 11.3 Å². The quantitative estimate of drug-likeness (QED) is 0.0423. The summed E-state index contributed by atoms with van der Waals surface area (Å²) in [6.45, 7) is 8.71. The van der Waals surface area contributed by atoms with Gasteiger partial charge in [-0.1, -0.05) is 202 Å². The van der Waals surface area contributed by atoms with Crippen molar-refractivity contribution >= 4 is 143 Å². The van der Waals surface area contributed by atoms with Crippen LogP contribution < -0.4 is 0 Å². The normalized spacial score (nSPS) is 12.1. The second kappa shape index (κ2) is 27.0. The molecule has 89 heavy (non-hydrogen) atoms. The Morgan fingerprint density at radius 1 is 0.258 bits per heavy atom. The number of rotatable bonds is 25. The molecule has 0 spiro atoms. The lowest BCUT2D eigenvalue weighted by atomic mass is 9.94. The van der Waals surface area contributed by atoms with Crippen LogP contribution in [0.5, 0.6) is 0 Å². The van der Waals surface area contributed by atoms with E-state index < -0.39 is 0 Å². The average molecular weight is 1230 g/mol. The van der Waals surface area contributed by atoms with Gasteiger partial charge < -0.3 is 17.7 Å². The Balaban J connectivity index is 0.000000186. The number of furan rings is 4. The van der Waals surface area contributed by atoms with Crippen LogP contribution in [0.15, 0.2) is 173 Å². The number of thiophene rings is 3. The second-order valence-corrected chi connectivity index (χ2v) is 28.2. The van der Waals surface area contributed by atoms with Gasteiger partial charge in [-0.25, -0.2) is 0 Å². The summed E-state index contributed by atoms with van der Waals surface area (Å²) in [6.07, 6.45) is 29.9. The summed E-state index contributed by atoms with van der Waals surface area (Å²) in [5.41, 5.74) is 7.96. The average Bonchev–Trinajstić information content (AvgIpc) is 2.05. The number of fused-ring (bicyclic) bond motifs is 18. The Bertz CT molecular complexity index is 4770. The molecule has 7 heterocycles. The van der Waals surface area contributed by atoms with Gasteiger partial charge in [0.15, 0.2) is 0 Å². The lowest BCUT2D eigenvalue weighted by molar-refractivity contribution is 0.556. The first-order valence-electron chi connectivity index (χ1n) is 33.5. The zero-order valence-corrected chi connectivity index (χ0v) is 54.9. The van der Waals surface area contributed by atoms with Crippen molar-refractivity contribution in [3.8, 4) is 31.9 Å². The summed E-state index contributed by atoms with van der Waals surface area (Å²) in [4.78, 5) is 3.64. The highest BCUT2D eigenvalue weighted by Gasteiger charge is 2.19. The molecule has 0 aliphatic heterocycles. The Labute approximate surface area is 535 Å². The van der Waals surface area contributed by atoms with E-state index in [4.69, 9.17) is 17.7 Å². The maximum absolute atomic E-state index is 6.50. The number of hydrogen-bond donors (Lipinski definition) is 0. The molecule has 0 saturated heterocycles. The highest BCUT2D eigenvalue weighted by Crippen LogP contribution is 2.44. The highest BCUT2D eigenvalue weighted by molar-refractivity contribution is 7.14. The third kappa shape index (κ3) is 12.5. The van der Waals surface area contributed by atoms with Crippen molar-refractivity contribution in [1.29, 1.82) is 0 Å². The number of benzene rings is 8.